The summed E-state index contributed by atoms with van der Waals surface area (Å²) in [4.78, 5) is 0. The van der Waals surface area contributed by atoms with E-state index >= 15 is 0 Å². The first kappa shape index (κ1) is 16.6. The molecular formula is C18H16ClN3O2S. The third-order valence-electron chi connectivity index (χ3n) is 3.79. The van der Waals surface area contributed by atoms with Gasteiger partial charge >= 0.3 is 0 Å². The van der Waals surface area contributed by atoms with Gasteiger partial charge in [-0.3, -0.25) is 4.57 Å². The van der Waals surface area contributed by atoms with Crippen LogP contribution in [0.15, 0.2) is 59.8 Å². The van der Waals surface area contributed by atoms with Crippen LogP contribution in [0.3, 0.4) is 0 Å². The normalized spacial score (nSPS) is 14.9. The van der Waals surface area contributed by atoms with Crippen molar-refractivity contribution < 1.29 is 9.47 Å². The molecule has 0 atom stereocenters. The fourth-order valence-corrected chi connectivity index (χ4v) is 3.63. The van der Waals surface area contributed by atoms with E-state index in [4.69, 9.17) is 21.1 Å². The molecule has 4 rings (SSSR count). The van der Waals surface area contributed by atoms with Gasteiger partial charge in [-0.15, -0.1) is 10.2 Å². The Balaban J connectivity index is 1.70. The van der Waals surface area contributed by atoms with Gasteiger partial charge in [0.05, 0.1) is 19.0 Å². The van der Waals surface area contributed by atoms with Gasteiger partial charge in [-0.1, -0.05) is 53.7 Å². The van der Waals surface area contributed by atoms with Crippen molar-refractivity contribution in [2.45, 2.75) is 11.4 Å². The summed E-state index contributed by atoms with van der Waals surface area (Å²) in [6.07, 6.45) is -0.194. The molecule has 0 spiro atoms. The maximum absolute atomic E-state index is 6.04. The van der Waals surface area contributed by atoms with E-state index in [9.17, 15) is 0 Å². The molecule has 1 aromatic heterocycles. The third-order valence-corrected chi connectivity index (χ3v) is 5.00. The van der Waals surface area contributed by atoms with E-state index in [0.29, 0.717) is 24.0 Å². The Morgan fingerprint density at radius 1 is 1.00 bits per heavy atom. The fraction of sp³-hybridized carbons (Fsp3) is 0.222. The minimum Gasteiger partial charge on any atom is -0.349 e. The predicted molar refractivity (Wildman–Crippen MR) is 98.2 cm³/mol. The molecule has 1 fully saturated rings. The highest BCUT2D eigenvalue weighted by molar-refractivity contribution is 7.99. The summed E-state index contributed by atoms with van der Waals surface area (Å²) in [5.74, 6) is 1.46. The molecule has 0 bridgehead atoms. The summed E-state index contributed by atoms with van der Waals surface area (Å²) in [5.41, 5.74) is 1.97. The number of hydrogen-bond donors (Lipinski definition) is 0. The van der Waals surface area contributed by atoms with Crippen LogP contribution in [-0.4, -0.2) is 40.0 Å². The van der Waals surface area contributed by atoms with Gasteiger partial charge < -0.3 is 9.47 Å². The van der Waals surface area contributed by atoms with Crippen molar-refractivity contribution in [2.24, 2.45) is 0 Å². The molecule has 5 nitrogen and oxygen atoms in total. The van der Waals surface area contributed by atoms with Crippen molar-refractivity contribution >= 4 is 23.4 Å². The topological polar surface area (TPSA) is 49.2 Å². The van der Waals surface area contributed by atoms with Gasteiger partial charge in [-0.25, -0.2) is 0 Å². The molecule has 2 aromatic carbocycles. The van der Waals surface area contributed by atoms with Crippen LogP contribution in [0.1, 0.15) is 0 Å². The van der Waals surface area contributed by atoms with Crippen LogP contribution in [0, 0.1) is 0 Å². The number of halogens is 1. The molecule has 0 radical (unpaired) electrons. The molecule has 128 valence electrons. The molecule has 0 N–H and O–H groups in total. The van der Waals surface area contributed by atoms with Crippen LogP contribution in [0.5, 0.6) is 0 Å². The van der Waals surface area contributed by atoms with Crippen molar-refractivity contribution in [3.63, 3.8) is 0 Å². The van der Waals surface area contributed by atoms with Gasteiger partial charge in [-0.05, 0) is 24.3 Å². The largest absolute Gasteiger partial charge is 0.349 e. The molecule has 3 aromatic rings. The Kier molecular flexibility index (Phi) is 5.03. The van der Waals surface area contributed by atoms with Gasteiger partial charge in [0.15, 0.2) is 17.3 Å². The van der Waals surface area contributed by atoms with E-state index in [1.54, 1.807) is 11.8 Å². The number of nitrogens with zero attached hydrogens (tertiary/aromatic N) is 3. The summed E-state index contributed by atoms with van der Waals surface area (Å²) in [5, 5.41) is 10.3. The Morgan fingerprint density at radius 3 is 2.44 bits per heavy atom. The second-order valence-corrected chi connectivity index (χ2v) is 6.89. The average Bonchev–Trinajstić information content (AvgIpc) is 3.31. The lowest BCUT2D eigenvalue weighted by Crippen LogP contribution is -2.11. The van der Waals surface area contributed by atoms with Gasteiger partial charge in [-0.2, -0.15) is 0 Å². The first-order valence-electron chi connectivity index (χ1n) is 7.94. The quantitative estimate of drug-likeness (QED) is 0.631. The molecule has 7 heteroatoms. The smallest absolute Gasteiger partial charge is 0.196 e. The summed E-state index contributed by atoms with van der Waals surface area (Å²) in [6, 6.07) is 17.7. The summed E-state index contributed by atoms with van der Waals surface area (Å²) in [7, 11) is 0. The fourth-order valence-electron chi connectivity index (χ4n) is 2.61. The first-order valence-corrected chi connectivity index (χ1v) is 9.30. The van der Waals surface area contributed by atoms with E-state index in [1.165, 1.54) is 0 Å². The predicted octanol–water partition coefficient (Wildman–Crippen LogP) is 4.05. The van der Waals surface area contributed by atoms with E-state index in [0.717, 1.165) is 22.2 Å². The number of benzene rings is 2. The zero-order chi connectivity index (χ0) is 17.1. The number of hydrogen-bond acceptors (Lipinski definition) is 5. The van der Waals surface area contributed by atoms with Crippen molar-refractivity contribution in [1.82, 2.24) is 14.8 Å². The number of thioether (sulfide) groups is 1. The number of aromatic nitrogens is 3. The average molecular weight is 374 g/mol. The lowest BCUT2D eigenvalue weighted by Gasteiger charge is -2.12. The molecule has 0 saturated carbocycles. The molecule has 25 heavy (non-hydrogen) atoms. The van der Waals surface area contributed by atoms with E-state index in [1.807, 2.05) is 59.2 Å². The van der Waals surface area contributed by atoms with Crippen LogP contribution in [0.4, 0.5) is 0 Å². The minimum absolute atomic E-state index is 0.194. The zero-order valence-electron chi connectivity index (χ0n) is 13.3. The van der Waals surface area contributed by atoms with Crippen LogP contribution >= 0.6 is 23.4 Å². The summed E-state index contributed by atoms with van der Waals surface area (Å²) >= 11 is 7.60. The Bertz CT molecular complexity index is 833. The van der Waals surface area contributed by atoms with Crippen molar-refractivity contribution in [2.75, 3.05) is 19.0 Å². The van der Waals surface area contributed by atoms with Gasteiger partial charge in [0, 0.05) is 16.3 Å². The van der Waals surface area contributed by atoms with E-state index in [-0.39, 0.29) is 6.29 Å². The lowest BCUT2D eigenvalue weighted by molar-refractivity contribution is -0.0215. The van der Waals surface area contributed by atoms with Crippen LogP contribution in [0.2, 0.25) is 5.02 Å². The summed E-state index contributed by atoms with van der Waals surface area (Å²) < 4.78 is 13.1. The molecular weight excluding hydrogens is 358 g/mol. The maximum atomic E-state index is 6.04. The SMILES string of the molecule is Clc1ccc(-n2c(SCC3OCCO3)nnc2-c2ccccc2)cc1. The second-order valence-electron chi connectivity index (χ2n) is 5.47. The van der Waals surface area contributed by atoms with Crippen LogP contribution in [0.25, 0.3) is 17.1 Å². The van der Waals surface area contributed by atoms with Gasteiger partial charge in [0.2, 0.25) is 0 Å². The maximum Gasteiger partial charge on any atom is 0.196 e. The zero-order valence-corrected chi connectivity index (χ0v) is 14.9. The highest BCUT2D eigenvalue weighted by atomic mass is 35.5. The molecule has 0 amide bonds. The van der Waals surface area contributed by atoms with Gasteiger partial charge in [0.25, 0.3) is 0 Å². The van der Waals surface area contributed by atoms with Gasteiger partial charge in [0.1, 0.15) is 0 Å². The molecule has 1 saturated heterocycles. The van der Waals surface area contributed by atoms with E-state index in [2.05, 4.69) is 10.2 Å². The Hall–Kier alpha value is -1.86. The summed E-state index contributed by atoms with van der Waals surface area (Å²) in [6.45, 7) is 1.29. The first-order chi connectivity index (χ1) is 12.3. The highest BCUT2D eigenvalue weighted by Crippen LogP contribution is 2.29. The molecule has 0 aliphatic carbocycles. The minimum atomic E-state index is -0.194. The lowest BCUT2D eigenvalue weighted by atomic mass is 10.2. The van der Waals surface area contributed by atoms with Crippen LogP contribution in [-0.2, 0) is 9.47 Å². The van der Waals surface area contributed by atoms with Crippen LogP contribution < -0.4 is 0 Å². The highest BCUT2D eigenvalue weighted by Gasteiger charge is 2.20. The Morgan fingerprint density at radius 2 is 1.72 bits per heavy atom. The number of ether oxygens (including phenoxy) is 2. The van der Waals surface area contributed by atoms with Crippen molar-refractivity contribution in [1.29, 1.82) is 0 Å². The molecule has 1 aliphatic heterocycles. The Labute approximate surface area is 154 Å². The standard InChI is InChI=1S/C18H16ClN3O2S/c19-14-6-8-15(9-7-14)22-17(13-4-2-1-3-5-13)20-21-18(22)25-12-16-23-10-11-24-16/h1-9,16H,10-12H2. The monoisotopic (exact) mass is 373 g/mol. The second kappa shape index (κ2) is 7.58. The van der Waals surface area contributed by atoms with Crippen molar-refractivity contribution in [3.8, 4) is 17.1 Å². The third kappa shape index (κ3) is 3.72. The van der Waals surface area contributed by atoms with E-state index < -0.39 is 0 Å². The number of rotatable bonds is 5. The molecule has 2 heterocycles. The van der Waals surface area contributed by atoms with Crippen molar-refractivity contribution in [3.05, 3.63) is 59.6 Å². The molecule has 1 aliphatic rings. The molecule has 0 unspecified atom stereocenters.